The summed E-state index contributed by atoms with van der Waals surface area (Å²) in [7, 11) is 0. The summed E-state index contributed by atoms with van der Waals surface area (Å²) in [6, 6.07) is 7.27. The highest BCUT2D eigenvalue weighted by molar-refractivity contribution is 14.0. The number of guanidine groups is 1. The van der Waals surface area contributed by atoms with Gasteiger partial charge < -0.3 is 20.2 Å². The molecule has 0 spiro atoms. The quantitative estimate of drug-likeness (QED) is 0.334. The van der Waals surface area contributed by atoms with E-state index < -0.39 is 11.9 Å². The van der Waals surface area contributed by atoms with Crippen LogP contribution in [-0.4, -0.2) is 60.2 Å². The average Bonchev–Trinajstić information content (AvgIpc) is 3.17. The van der Waals surface area contributed by atoms with Gasteiger partial charge in [0.2, 0.25) is 0 Å². The molecule has 0 radical (unpaired) electrons. The average molecular weight is 555 g/mol. The number of aliphatic imine (C=N–C) groups is 1. The zero-order valence-corrected chi connectivity index (χ0v) is 19.7. The van der Waals surface area contributed by atoms with E-state index in [1.807, 2.05) is 19.1 Å². The topological polar surface area (TPSA) is 64.0 Å². The summed E-state index contributed by atoms with van der Waals surface area (Å²) < 4.78 is 38.0. The summed E-state index contributed by atoms with van der Waals surface area (Å²) in [6.07, 6.45) is -4.03. The van der Waals surface area contributed by atoms with Crippen molar-refractivity contribution in [2.45, 2.75) is 19.5 Å². The number of phenols is 1. The number of nitrogens with zero attached hydrogens (tertiary/aromatic N) is 4. The first-order chi connectivity index (χ1) is 13.9. The molecule has 2 heterocycles. The molecular weight excluding hydrogens is 530 g/mol. The number of hydrogen-bond donors (Lipinski definition) is 2. The smallest absolute Gasteiger partial charge is 0.434 e. The molecule has 2 N–H and O–H groups in total. The van der Waals surface area contributed by atoms with Crippen molar-refractivity contribution in [3.05, 3.63) is 40.3 Å². The molecule has 0 saturated carbocycles. The van der Waals surface area contributed by atoms with Crippen LogP contribution in [0.3, 0.4) is 0 Å². The molecule has 0 unspecified atom stereocenters. The number of aromatic hydroxyl groups is 1. The van der Waals surface area contributed by atoms with Gasteiger partial charge in [-0.05, 0) is 19.1 Å². The van der Waals surface area contributed by atoms with E-state index in [9.17, 15) is 18.3 Å². The third-order valence-corrected chi connectivity index (χ3v) is 5.47. The Hall–Kier alpha value is -1.76. The predicted molar refractivity (Wildman–Crippen MR) is 124 cm³/mol. The van der Waals surface area contributed by atoms with Gasteiger partial charge in [0.15, 0.2) is 11.7 Å². The van der Waals surface area contributed by atoms with Crippen LogP contribution in [0.5, 0.6) is 5.75 Å². The molecule has 1 saturated heterocycles. The minimum Gasteiger partial charge on any atom is -0.506 e. The van der Waals surface area contributed by atoms with Crippen LogP contribution in [0.2, 0.25) is 0 Å². The zero-order chi connectivity index (χ0) is 20.9. The normalized spacial score (nSPS) is 15.1. The fraction of sp³-hybridized carbons (Fsp3) is 0.474. The molecule has 166 valence electrons. The van der Waals surface area contributed by atoms with Crippen LogP contribution in [0.25, 0.3) is 0 Å². The van der Waals surface area contributed by atoms with E-state index in [1.54, 1.807) is 12.1 Å². The highest BCUT2D eigenvalue weighted by atomic mass is 127. The van der Waals surface area contributed by atoms with Crippen molar-refractivity contribution in [2.75, 3.05) is 44.2 Å². The van der Waals surface area contributed by atoms with E-state index in [0.29, 0.717) is 24.5 Å². The lowest BCUT2D eigenvalue weighted by atomic mass is 10.2. The fourth-order valence-corrected chi connectivity index (χ4v) is 3.92. The van der Waals surface area contributed by atoms with Gasteiger partial charge in [-0.3, -0.25) is 4.99 Å². The van der Waals surface area contributed by atoms with Crippen molar-refractivity contribution in [3.8, 4) is 5.75 Å². The maximum absolute atomic E-state index is 12.7. The number of rotatable bonds is 5. The number of benzene rings is 1. The minimum absolute atomic E-state index is 0. The number of para-hydroxylation sites is 2. The molecule has 6 nitrogen and oxygen atoms in total. The van der Waals surface area contributed by atoms with E-state index in [0.717, 1.165) is 54.5 Å². The van der Waals surface area contributed by atoms with E-state index in [1.165, 1.54) is 0 Å². The van der Waals surface area contributed by atoms with Gasteiger partial charge in [0.05, 0.1) is 10.7 Å². The Morgan fingerprint density at radius 3 is 2.53 bits per heavy atom. The number of anilines is 1. The maximum Gasteiger partial charge on any atom is 0.434 e. The van der Waals surface area contributed by atoms with Gasteiger partial charge in [-0.25, -0.2) is 4.98 Å². The van der Waals surface area contributed by atoms with Crippen molar-refractivity contribution < 1.29 is 18.3 Å². The van der Waals surface area contributed by atoms with Crippen LogP contribution in [0.1, 0.15) is 17.6 Å². The molecule has 1 aliphatic heterocycles. The molecular formula is C19H25F3IN5OS. The van der Waals surface area contributed by atoms with Crippen molar-refractivity contribution in [1.82, 2.24) is 15.2 Å². The first-order valence-electron chi connectivity index (χ1n) is 9.46. The zero-order valence-electron chi connectivity index (χ0n) is 16.5. The van der Waals surface area contributed by atoms with Crippen LogP contribution < -0.4 is 10.2 Å². The van der Waals surface area contributed by atoms with Gasteiger partial charge >= 0.3 is 6.18 Å². The molecule has 11 heteroatoms. The van der Waals surface area contributed by atoms with Crippen molar-refractivity contribution >= 4 is 47.0 Å². The van der Waals surface area contributed by atoms with E-state index >= 15 is 0 Å². The van der Waals surface area contributed by atoms with E-state index in [2.05, 4.69) is 25.1 Å². The molecule has 0 atom stereocenters. The summed E-state index contributed by atoms with van der Waals surface area (Å²) in [4.78, 5) is 12.5. The highest BCUT2D eigenvalue weighted by Gasteiger charge is 2.33. The summed E-state index contributed by atoms with van der Waals surface area (Å²) >= 11 is 1.01. The first kappa shape index (κ1) is 24.5. The van der Waals surface area contributed by atoms with Gasteiger partial charge in [-0.2, -0.15) is 13.2 Å². The fourth-order valence-electron chi connectivity index (χ4n) is 3.13. The largest absolute Gasteiger partial charge is 0.506 e. The number of nitrogens with one attached hydrogen (secondary N) is 1. The lowest BCUT2D eigenvalue weighted by Gasteiger charge is -2.37. The maximum atomic E-state index is 12.7. The Bertz CT molecular complexity index is 838. The van der Waals surface area contributed by atoms with Crippen molar-refractivity contribution in [3.63, 3.8) is 0 Å². The van der Waals surface area contributed by atoms with Gasteiger partial charge in [0.25, 0.3) is 0 Å². The van der Waals surface area contributed by atoms with E-state index in [-0.39, 0.29) is 29.7 Å². The lowest BCUT2D eigenvalue weighted by molar-refractivity contribution is -0.140. The molecule has 0 aliphatic carbocycles. The second kappa shape index (κ2) is 11.0. The second-order valence-corrected chi connectivity index (χ2v) is 7.52. The Morgan fingerprint density at radius 2 is 1.93 bits per heavy atom. The number of aromatic nitrogens is 1. The number of alkyl halides is 3. The van der Waals surface area contributed by atoms with Crippen LogP contribution in [0.4, 0.5) is 18.9 Å². The minimum atomic E-state index is -4.40. The van der Waals surface area contributed by atoms with Crippen LogP contribution in [0.15, 0.2) is 34.6 Å². The summed E-state index contributed by atoms with van der Waals surface area (Å²) in [5, 5.41) is 14.8. The highest BCUT2D eigenvalue weighted by Crippen LogP contribution is 2.30. The molecule has 1 fully saturated rings. The Kier molecular flexibility index (Phi) is 9.01. The lowest BCUT2D eigenvalue weighted by Crippen LogP contribution is -2.52. The van der Waals surface area contributed by atoms with Gasteiger partial charge in [0.1, 0.15) is 5.75 Å². The number of thiazole rings is 1. The number of piperazine rings is 1. The molecule has 30 heavy (non-hydrogen) atoms. The van der Waals surface area contributed by atoms with Crippen molar-refractivity contribution in [2.24, 2.45) is 4.99 Å². The monoisotopic (exact) mass is 555 g/mol. The first-order valence-corrected chi connectivity index (χ1v) is 10.3. The SMILES string of the molecule is CCNC(=NCCc1nc(C(F)(F)F)cs1)N1CCN(c2ccccc2O)CC1.I. The molecule has 1 aliphatic rings. The molecule has 3 rings (SSSR count). The summed E-state index contributed by atoms with van der Waals surface area (Å²) in [5.74, 6) is 1.01. The summed E-state index contributed by atoms with van der Waals surface area (Å²) in [6.45, 7) is 5.99. The van der Waals surface area contributed by atoms with Crippen LogP contribution in [0, 0.1) is 0 Å². The third kappa shape index (κ3) is 6.37. The Balaban J connectivity index is 0.00000320. The second-order valence-electron chi connectivity index (χ2n) is 6.57. The molecule has 0 bridgehead atoms. The van der Waals surface area contributed by atoms with E-state index in [4.69, 9.17) is 0 Å². The molecule has 1 aromatic heterocycles. The van der Waals surface area contributed by atoms with Crippen molar-refractivity contribution in [1.29, 1.82) is 0 Å². The molecule has 0 amide bonds. The van der Waals surface area contributed by atoms with Crippen LogP contribution in [-0.2, 0) is 12.6 Å². The number of phenolic OH excluding ortho intramolecular Hbond substituents is 1. The van der Waals surface area contributed by atoms with Gasteiger partial charge in [0, 0.05) is 51.1 Å². The molecule has 2 aromatic rings. The number of hydrogen-bond acceptors (Lipinski definition) is 5. The summed E-state index contributed by atoms with van der Waals surface area (Å²) in [5.41, 5.74) is -0.0213. The predicted octanol–water partition coefficient (Wildman–Crippen LogP) is 3.82. The molecule has 1 aromatic carbocycles. The van der Waals surface area contributed by atoms with Gasteiger partial charge in [-0.15, -0.1) is 35.3 Å². The Labute approximate surface area is 194 Å². The standard InChI is InChI=1S/C19H24F3N5OS.HI/c1-2-23-18(24-8-7-17-25-16(13-29-17)19(20,21)22)27-11-9-26(10-12-27)14-5-3-4-6-15(14)28;/h3-6,13,28H,2,7-12H2,1H3,(H,23,24);1H. The Morgan fingerprint density at radius 1 is 1.23 bits per heavy atom. The third-order valence-electron chi connectivity index (χ3n) is 4.57. The van der Waals surface area contributed by atoms with Gasteiger partial charge in [-0.1, -0.05) is 12.1 Å². The van der Waals surface area contributed by atoms with Crippen LogP contribution >= 0.6 is 35.3 Å². The number of halogens is 4.